The van der Waals surface area contributed by atoms with Crippen LogP contribution >= 0.6 is 0 Å². The van der Waals surface area contributed by atoms with E-state index in [-0.39, 0.29) is 12.6 Å². The highest BCUT2D eigenvalue weighted by atomic mass is 16.3. The molecule has 2 N–H and O–H groups in total. The minimum Gasteiger partial charge on any atom is -0.395 e. The van der Waals surface area contributed by atoms with Crippen molar-refractivity contribution >= 4 is 0 Å². The maximum Gasteiger partial charge on any atom is 0.0587 e. The summed E-state index contributed by atoms with van der Waals surface area (Å²) in [6, 6.07) is 11.3. The van der Waals surface area contributed by atoms with E-state index in [0.717, 1.165) is 6.42 Å². The Morgan fingerprint density at radius 1 is 1.05 bits per heavy atom. The van der Waals surface area contributed by atoms with Crippen molar-refractivity contribution in [1.29, 1.82) is 0 Å². The van der Waals surface area contributed by atoms with Crippen LogP contribution in [-0.2, 0) is 6.42 Å². The lowest BCUT2D eigenvalue weighted by Gasteiger charge is -2.38. The van der Waals surface area contributed by atoms with Gasteiger partial charge < -0.3 is 10.4 Å². The molecule has 0 saturated heterocycles. The minimum atomic E-state index is 0.204. The first kappa shape index (κ1) is 15.1. The zero-order chi connectivity index (χ0) is 14.5. The molecule has 1 atom stereocenters. The van der Waals surface area contributed by atoms with E-state index in [1.165, 1.54) is 56.9 Å². The van der Waals surface area contributed by atoms with Gasteiger partial charge in [0.25, 0.3) is 0 Å². The molecule has 1 spiro atoms. The van der Waals surface area contributed by atoms with Gasteiger partial charge in [-0.1, -0.05) is 43.2 Å². The molecule has 2 nitrogen and oxygen atoms in total. The van der Waals surface area contributed by atoms with E-state index in [4.69, 9.17) is 0 Å². The molecular weight excluding hydrogens is 258 g/mol. The summed E-state index contributed by atoms with van der Waals surface area (Å²) in [4.78, 5) is 0. The fraction of sp³-hybridized carbons (Fsp3) is 0.684. The predicted molar refractivity (Wildman–Crippen MR) is 87.3 cm³/mol. The van der Waals surface area contributed by atoms with Crippen molar-refractivity contribution in [3.63, 3.8) is 0 Å². The number of hydrogen-bond donors (Lipinski definition) is 2. The Labute approximate surface area is 129 Å². The smallest absolute Gasteiger partial charge is 0.0587 e. The zero-order valence-electron chi connectivity index (χ0n) is 13.1. The second-order valence-corrected chi connectivity index (χ2v) is 7.22. The van der Waals surface area contributed by atoms with Crippen LogP contribution in [-0.4, -0.2) is 23.8 Å². The summed E-state index contributed by atoms with van der Waals surface area (Å²) in [5.41, 5.74) is 2.01. The molecule has 2 fully saturated rings. The number of hydrogen-bond acceptors (Lipinski definition) is 2. The number of nitrogens with one attached hydrogen (secondary N) is 1. The van der Waals surface area contributed by atoms with E-state index in [1.807, 2.05) is 6.07 Å². The second-order valence-electron chi connectivity index (χ2n) is 7.22. The maximum atomic E-state index is 9.66. The first-order valence-electron chi connectivity index (χ1n) is 8.71. The first-order valence-corrected chi connectivity index (χ1v) is 8.71. The Morgan fingerprint density at radius 3 is 2.33 bits per heavy atom. The number of aliphatic hydroxyl groups is 1. The lowest BCUT2D eigenvalue weighted by Crippen LogP contribution is -2.45. The van der Waals surface area contributed by atoms with Crippen molar-refractivity contribution in [2.45, 2.75) is 69.9 Å². The summed E-state index contributed by atoms with van der Waals surface area (Å²) in [5.74, 6) is 0. The molecule has 0 radical (unpaired) electrons. The van der Waals surface area contributed by atoms with Crippen molar-refractivity contribution in [3.05, 3.63) is 35.9 Å². The monoisotopic (exact) mass is 287 g/mol. The third-order valence-corrected chi connectivity index (χ3v) is 5.73. The Kier molecular flexibility index (Phi) is 4.97. The first-order chi connectivity index (χ1) is 10.3. The third kappa shape index (κ3) is 3.87. The second kappa shape index (κ2) is 6.93. The molecule has 2 heteroatoms. The van der Waals surface area contributed by atoms with Crippen LogP contribution in [0.1, 0.15) is 56.9 Å². The Hall–Kier alpha value is -0.860. The van der Waals surface area contributed by atoms with Gasteiger partial charge >= 0.3 is 0 Å². The minimum absolute atomic E-state index is 0.204. The lowest BCUT2D eigenvalue weighted by molar-refractivity contribution is 0.150. The Morgan fingerprint density at radius 2 is 1.71 bits per heavy atom. The van der Waals surface area contributed by atoms with E-state index >= 15 is 0 Å². The van der Waals surface area contributed by atoms with E-state index in [9.17, 15) is 5.11 Å². The van der Waals surface area contributed by atoms with Crippen LogP contribution in [0.25, 0.3) is 0 Å². The lowest BCUT2D eigenvalue weighted by atomic mass is 9.71. The molecule has 2 aliphatic carbocycles. The summed E-state index contributed by atoms with van der Waals surface area (Å²) >= 11 is 0. The fourth-order valence-electron chi connectivity index (χ4n) is 4.43. The molecule has 1 unspecified atom stereocenters. The van der Waals surface area contributed by atoms with Crippen molar-refractivity contribution in [2.75, 3.05) is 6.61 Å². The van der Waals surface area contributed by atoms with E-state index in [1.54, 1.807) is 0 Å². The fourth-order valence-corrected chi connectivity index (χ4v) is 4.43. The van der Waals surface area contributed by atoms with Gasteiger partial charge in [0.2, 0.25) is 0 Å². The van der Waals surface area contributed by atoms with Crippen LogP contribution in [0.2, 0.25) is 0 Å². The summed E-state index contributed by atoms with van der Waals surface area (Å²) in [6.45, 7) is 0.233. The van der Waals surface area contributed by atoms with Crippen molar-refractivity contribution in [3.8, 4) is 0 Å². The highest BCUT2D eigenvalue weighted by Gasteiger charge is 2.37. The highest BCUT2D eigenvalue weighted by Crippen LogP contribution is 2.48. The van der Waals surface area contributed by atoms with Crippen LogP contribution < -0.4 is 5.32 Å². The van der Waals surface area contributed by atoms with Crippen LogP contribution in [0.3, 0.4) is 0 Å². The van der Waals surface area contributed by atoms with Crippen LogP contribution in [0, 0.1) is 5.41 Å². The average molecular weight is 287 g/mol. The molecular formula is C19H29NO. The van der Waals surface area contributed by atoms with E-state index < -0.39 is 0 Å². The number of aliphatic hydroxyl groups excluding tert-OH is 1. The van der Waals surface area contributed by atoms with Crippen LogP contribution in [0.4, 0.5) is 0 Å². The van der Waals surface area contributed by atoms with Gasteiger partial charge in [-0.25, -0.2) is 0 Å². The highest BCUT2D eigenvalue weighted by molar-refractivity contribution is 5.16. The number of rotatable bonds is 5. The van der Waals surface area contributed by atoms with E-state index in [2.05, 4.69) is 29.6 Å². The summed E-state index contributed by atoms with van der Waals surface area (Å²) in [7, 11) is 0. The van der Waals surface area contributed by atoms with Gasteiger partial charge in [0, 0.05) is 12.1 Å². The van der Waals surface area contributed by atoms with Gasteiger partial charge in [-0.2, -0.15) is 0 Å². The maximum absolute atomic E-state index is 9.66. The topological polar surface area (TPSA) is 32.3 Å². The molecule has 0 amide bonds. The van der Waals surface area contributed by atoms with Gasteiger partial charge in [-0.05, 0) is 55.9 Å². The Balaban J connectivity index is 1.49. The van der Waals surface area contributed by atoms with Gasteiger partial charge in [0.15, 0.2) is 0 Å². The molecule has 21 heavy (non-hydrogen) atoms. The van der Waals surface area contributed by atoms with Gasteiger partial charge in [-0.15, -0.1) is 0 Å². The van der Waals surface area contributed by atoms with Crippen LogP contribution in [0.5, 0.6) is 0 Å². The molecule has 1 aromatic carbocycles. The quantitative estimate of drug-likeness (QED) is 0.866. The molecule has 116 valence electrons. The standard InChI is InChI=1S/C19H29NO/c21-15-18(14-16-6-2-1-3-7-16)20-17-8-12-19(13-9-17)10-4-5-11-19/h1-3,6-7,17-18,20-21H,4-5,8-15H2. The van der Waals surface area contributed by atoms with Gasteiger partial charge in [0.1, 0.15) is 0 Å². The summed E-state index contributed by atoms with van der Waals surface area (Å²) in [6.07, 6.45) is 12.1. The van der Waals surface area contributed by atoms with Gasteiger partial charge in [-0.3, -0.25) is 0 Å². The zero-order valence-corrected chi connectivity index (χ0v) is 13.1. The molecule has 1 aromatic rings. The van der Waals surface area contributed by atoms with Crippen LogP contribution in [0.15, 0.2) is 30.3 Å². The van der Waals surface area contributed by atoms with Crippen molar-refractivity contribution < 1.29 is 5.11 Å². The molecule has 0 heterocycles. The Bertz CT molecular complexity index is 414. The van der Waals surface area contributed by atoms with Crippen molar-refractivity contribution in [1.82, 2.24) is 5.32 Å². The van der Waals surface area contributed by atoms with Crippen molar-refractivity contribution in [2.24, 2.45) is 5.41 Å². The third-order valence-electron chi connectivity index (χ3n) is 5.73. The molecule has 0 aromatic heterocycles. The summed E-state index contributed by atoms with van der Waals surface area (Å²) < 4.78 is 0. The molecule has 2 saturated carbocycles. The molecule has 2 aliphatic rings. The van der Waals surface area contributed by atoms with Gasteiger partial charge in [0.05, 0.1) is 6.61 Å². The predicted octanol–water partition coefficient (Wildman–Crippen LogP) is 3.68. The molecule has 0 bridgehead atoms. The molecule has 0 aliphatic heterocycles. The van der Waals surface area contributed by atoms with E-state index in [0.29, 0.717) is 11.5 Å². The largest absolute Gasteiger partial charge is 0.395 e. The SMILES string of the molecule is OCC(Cc1ccccc1)NC1CCC2(CCCC2)CC1. The average Bonchev–Trinajstić information content (AvgIpc) is 2.98. The molecule has 3 rings (SSSR count). The summed E-state index contributed by atoms with van der Waals surface area (Å²) in [5, 5.41) is 13.4. The normalized spacial score (nSPS) is 23.5. The number of benzene rings is 1.